The fraction of sp³-hybridized carbons (Fsp3) is 0.667. The molecular formula is C36H58O3P+. The van der Waals surface area contributed by atoms with Crippen LogP contribution < -0.4 is 0 Å². The molecule has 0 bridgehead atoms. The third-order valence-electron chi connectivity index (χ3n) is 8.37. The van der Waals surface area contributed by atoms with Crippen molar-refractivity contribution in [2.45, 2.75) is 155 Å². The van der Waals surface area contributed by atoms with Gasteiger partial charge in [0.25, 0.3) is 0 Å². The van der Waals surface area contributed by atoms with Crippen LogP contribution in [0.1, 0.15) is 159 Å². The third kappa shape index (κ3) is 12.1. The van der Waals surface area contributed by atoms with E-state index in [9.17, 15) is 9.46 Å². The monoisotopic (exact) mass is 569 g/mol. The minimum absolute atomic E-state index is 0.722. The number of benzene rings is 2. The average Bonchev–Trinajstić information content (AvgIpc) is 2.96. The van der Waals surface area contributed by atoms with Crippen molar-refractivity contribution < 1.29 is 14.0 Å². The van der Waals surface area contributed by atoms with Crippen LogP contribution in [0.3, 0.4) is 0 Å². The summed E-state index contributed by atoms with van der Waals surface area (Å²) in [5.41, 5.74) is 3.79. The van der Waals surface area contributed by atoms with Crippen molar-refractivity contribution in [1.29, 1.82) is 0 Å². The topological polar surface area (TPSA) is 46.5 Å². The molecule has 1 N–H and O–H groups in total. The first-order valence-corrected chi connectivity index (χ1v) is 17.7. The Balaban J connectivity index is 2.42. The van der Waals surface area contributed by atoms with Crippen molar-refractivity contribution in [2.24, 2.45) is 0 Å². The molecule has 2 aromatic carbocycles. The minimum atomic E-state index is -2.78. The summed E-state index contributed by atoms with van der Waals surface area (Å²) in [5, 5.41) is 0. The average molecular weight is 570 g/mol. The Hall–Kier alpha value is -1.54. The summed E-state index contributed by atoms with van der Waals surface area (Å²) in [6, 6.07) is 17.2. The highest BCUT2D eigenvalue weighted by molar-refractivity contribution is 7.32. The summed E-state index contributed by atoms with van der Waals surface area (Å²) in [6.07, 6.45) is 23.4. The highest BCUT2D eigenvalue weighted by Crippen LogP contribution is 2.47. The first-order chi connectivity index (χ1) is 19.6. The number of hydrogen-bond acceptors (Lipinski definition) is 2. The van der Waals surface area contributed by atoms with Gasteiger partial charge in [-0.2, -0.15) is 0 Å². The number of aryl methyl sites for hydroxylation is 2. The zero-order chi connectivity index (χ0) is 28.9. The largest absolute Gasteiger partial charge is 0.695 e. The molecule has 0 aliphatic rings. The maximum atomic E-state index is 12.6. The van der Waals surface area contributed by atoms with Gasteiger partial charge in [0.05, 0.1) is 0 Å². The van der Waals surface area contributed by atoms with E-state index in [0.29, 0.717) is 0 Å². The van der Waals surface area contributed by atoms with Crippen molar-refractivity contribution in [1.82, 2.24) is 0 Å². The van der Waals surface area contributed by atoms with Gasteiger partial charge in [0.15, 0.2) is 5.60 Å². The number of hydrogen-bond donors (Lipinski definition) is 1. The van der Waals surface area contributed by atoms with Gasteiger partial charge in [-0.15, -0.1) is 9.42 Å². The lowest BCUT2D eigenvalue weighted by Gasteiger charge is -2.33. The zero-order valence-corrected chi connectivity index (χ0v) is 26.9. The molecule has 2 rings (SSSR count). The normalized spacial score (nSPS) is 12.2. The molecule has 3 nitrogen and oxygen atoms in total. The summed E-state index contributed by atoms with van der Waals surface area (Å²) in [7, 11) is -2.78. The van der Waals surface area contributed by atoms with Crippen LogP contribution in [0.5, 0.6) is 0 Å². The van der Waals surface area contributed by atoms with Crippen LogP contribution in [0.2, 0.25) is 0 Å². The Kier molecular flexibility index (Phi) is 18.4. The summed E-state index contributed by atoms with van der Waals surface area (Å²) >= 11 is 0. The van der Waals surface area contributed by atoms with Crippen molar-refractivity contribution >= 4 is 8.25 Å². The highest BCUT2D eigenvalue weighted by atomic mass is 31.1. The number of unbranched alkanes of at least 4 members (excludes halogenated alkanes) is 14. The second-order valence-electron chi connectivity index (χ2n) is 11.7. The lowest BCUT2D eigenvalue weighted by atomic mass is 9.76. The van der Waals surface area contributed by atoms with Gasteiger partial charge in [-0.1, -0.05) is 159 Å². The van der Waals surface area contributed by atoms with Crippen LogP contribution in [0.4, 0.5) is 0 Å². The maximum absolute atomic E-state index is 12.6. The van der Waals surface area contributed by atoms with Crippen LogP contribution >= 0.6 is 8.25 Å². The van der Waals surface area contributed by atoms with Crippen molar-refractivity contribution in [3.63, 3.8) is 0 Å². The molecule has 0 radical (unpaired) electrons. The quantitative estimate of drug-likeness (QED) is 0.101. The zero-order valence-electron chi connectivity index (χ0n) is 26.0. The van der Waals surface area contributed by atoms with E-state index in [4.69, 9.17) is 4.52 Å². The van der Waals surface area contributed by atoms with Gasteiger partial charge in [0.2, 0.25) is 0 Å². The van der Waals surface area contributed by atoms with E-state index in [0.717, 1.165) is 56.1 Å². The van der Waals surface area contributed by atoms with Crippen LogP contribution in [0, 0.1) is 0 Å². The molecule has 0 aliphatic carbocycles. The minimum Gasteiger partial charge on any atom is -0.133 e. The molecule has 0 heterocycles. The molecule has 0 saturated carbocycles. The summed E-state index contributed by atoms with van der Waals surface area (Å²) < 4.78 is 18.8. The SMILES string of the molecule is CCCCCCCCc1ccccc1C(CCCCCCC)(O[P+](=O)O)c1ccccc1CCCCCCCC. The predicted octanol–water partition coefficient (Wildman–Crippen LogP) is 11.8. The lowest BCUT2D eigenvalue weighted by Crippen LogP contribution is -2.32. The van der Waals surface area contributed by atoms with E-state index >= 15 is 0 Å². The van der Waals surface area contributed by atoms with E-state index in [1.807, 2.05) is 0 Å². The third-order valence-corrected chi connectivity index (χ3v) is 8.84. The van der Waals surface area contributed by atoms with Gasteiger partial charge in [-0.3, -0.25) is 0 Å². The fourth-order valence-electron chi connectivity index (χ4n) is 6.13. The molecule has 1 atom stereocenters. The van der Waals surface area contributed by atoms with Gasteiger partial charge in [0.1, 0.15) is 0 Å². The van der Waals surface area contributed by atoms with Crippen molar-refractivity contribution in [3.05, 3.63) is 70.8 Å². The standard InChI is InChI=1S/C36H57O3P/c1-4-7-10-13-15-18-25-32-27-20-22-29-34(32)36(39-40(37)38,31-24-17-12-9-6-3)35-30-23-21-28-33(35)26-19-16-14-11-8-5-2/h20-23,27-30H,4-19,24-26,31H2,1-3H3/p+1. The van der Waals surface area contributed by atoms with Crippen LogP contribution in [0.15, 0.2) is 48.5 Å². The highest BCUT2D eigenvalue weighted by Gasteiger charge is 2.45. The Morgan fingerprint density at radius 3 is 1.38 bits per heavy atom. The first kappa shape index (κ1) is 34.7. The smallest absolute Gasteiger partial charge is 0.133 e. The lowest BCUT2D eigenvalue weighted by molar-refractivity contribution is 0.0893. The molecule has 0 spiro atoms. The van der Waals surface area contributed by atoms with Crippen LogP contribution in [-0.2, 0) is 27.5 Å². The van der Waals surface area contributed by atoms with E-state index in [1.54, 1.807) is 0 Å². The van der Waals surface area contributed by atoms with E-state index < -0.39 is 13.9 Å². The van der Waals surface area contributed by atoms with Crippen LogP contribution in [-0.4, -0.2) is 4.89 Å². The molecule has 2 aromatic rings. The predicted molar refractivity (Wildman–Crippen MR) is 172 cm³/mol. The van der Waals surface area contributed by atoms with Gasteiger partial charge in [0, 0.05) is 4.57 Å². The molecule has 1 unspecified atom stereocenters. The second kappa shape index (κ2) is 21.2. The second-order valence-corrected chi connectivity index (χ2v) is 12.3. The van der Waals surface area contributed by atoms with E-state index in [2.05, 4.69) is 69.3 Å². The first-order valence-electron chi connectivity index (χ1n) is 16.6. The number of rotatable bonds is 24. The summed E-state index contributed by atoms with van der Waals surface area (Å²) in [6.45, 7) is 6.75. The molecule has 224 valence electrons. The van der Waals surface area contributed by atoms with E-state index in [1.165, 1.54) is 94.6 Å². The fourth-order valence-corrected chi connectivity index (χ4v) is 6.68. The molecule has 0 saturated heterocycles. The maximum Gasteiger partial charge on any atom is 0.695 e. The summed E-state index contributed by atoms with van der Waals surface area (Å²) in [4.78, 5) is 10.3. The molecule has 0 aromatic heterocycles. The van der Waals surface area contributed by atoms with Gasteiger partial charge >= 0.3 is 8.25 Å². The van der Waals surface area contributed by atoms with E-state index in [-0.39, 0.29) is 0 Å². The Morgan fingerprint density at radius 2 is 0.950 bits per heavy atom. The molecule has 0 amide bonds. The Labute approximate surface area is 247 Å². The van der Waals surface area contributed by atoms with Crippen molar-refractivity contribution in [3.8, 4) is 0 Å². The Bertz CT molecular complexity index is 882. The summed E-state index contributed by atoms with van der Waals surface area (Å²) in [5.74, 6) is 0. The van der Waals surface area contributed by atoms with Gasteiger partial charge in [-0.05, 0) is 60.8 Å². The van der Waals surface area contributed by atoms with Crippen LogP contribution in [0.25, 0.3) is 0 Å². The molecule has 0 aliphatic heterocycles. The molecule has 40 heavy (non-hydrogen) atoms. The van der Waals surface area contributed by atoms with Gasteiger partial charge < -0.3 is 0 Å². The Morgan fingerprint density at radius 1 is 0.575 bits per heavy atom. The molecule has 0 fully saturated rings. The van der Waals surface area contributed by atoms with Crippen molar-refractivity contribution in [2.75, 3.05) is 0 Å². The molecule has 4 heteroatoms. The molecular weight excluding hydrogens is 511 g/mol. The van der Waals surface area contributed by atoms with Gasteiger partial charge in [-0.25, -0.2) is 0 Å².